The number of carbonyl (C=O) groups is 1. The van der Waals surface area contributed by atoms with E-state index in [0.717, 1.165) is 11.3 Å². The molecule has 0 saturated heterocycles. The lowest BCUT2D eigenvalue weighted by Crippen LogP contribution is -2.39. The van der Waals surface area contributed by atoms with Crippen LogP contribution in [0.5, 0.6) is 5.75 Å². The lowest BCUT2D eigenvalue weighted by Gasteiger charge is -2.24. The minimum Gasteiger partial charge on any atom is -0.508 e. The summed E-state index contributed by atoms with van der Waals surface area (Å²) < 4.78 is 1.46. The van der Waals surface area contributed by atoms with Crippen molar-refractivity contribution in [1.29, 1.82) is 0 Å². The number of aliphatic hydroxyl groups is 1. The molecule has 0 aliphatic rings. The third kappa shape index (κ3) is 3.91. The van der Waals surface area contributed by atoms with Crippen LogP contribution in [-0.4, -0.2) is 38.7 Å². The van der Waals surface area contributed by atoms with E-state index in [1.54, 1.807) is 32.2 Å². The molecule has 1 amide bonds. The standard InChI is InChI=1S/C19H24N2O4/c1-5-21(11-17(23)14-7-6-8-15(22)10-14)19(25)16-9-12(2)13(3)20(4)18(16)24/h6-10,17,22-23H,5,11H2,1-4H3/t17-/m1/s1. The summed E-state index contributed by atoms with van der Waals surface area (Å²) >= 11 is 0. The lowest BCUT2D eigenvalue weighted by atomic mass is 10.1. The van der Waals surface area contributed by atoms with Crippen LogP contribution in [0.2, 0.25) is 0 Å². The Balaban J connectivity index is 2.29. The van der Waals surface area contributed by atoms with Gasteiger partial charge in [-0.15, -0.1) is 0 Å². The maximum Gasteiger partial charge on any atom is 0.263 e. The molecule has 1 heterocycles. The second-order valence-corrected chi connectivity index (χ2v) is 6.15. The Kier molecular flexibility index (Phi) is 5.64. The summed E-state index contributed by atoms with van der Waals surface area (Å²) in [6.07, 6.45) is -0.952. The molecule has 0 saturated carbocycles. The van der Waals surface area contributed by atoms with Crippen LogP contribution in [0.1, 0.15) is 40.2 Å². The molecule has 2 rings (SSSR count). The Morgan fingerprint density at radius 3 is 2.56 bits per heavy atom. The third-order valence-electron chi connectivity index (χ3n) is 4.52. The summed E-state index contributed by atoms with van der Waals surface area (Å²) in [6, 6.07) is 7.88. The van der Waals surface area contributed by atoms with E-state index in [2.05, 4.69) is 0 Å². The molecule has 1 aromatic carbocycles. The zero-order valence-corrected chi connectivity index (χ0v) is 15.0. The molecule has 0 fully saturated rings. The average Bonchev–Trinajstić information content (AvgIpc) is 2.60. The number of hydrogen-bond donors (Lipinski definition) is 2. The molecule has 2 aromatic rings. The zero-order chi connectivity index (χ0) is 18.7. The Morgan fingerprint density at radius 1 is 1.28 bits per heavy atom. The van der Waals surface area contributed by atoms with E-state index in [4.69, 9.17) is 0 Å². The number of amides is 1. The number of aromatic nitrogens is 1. The van der Waals surface area contributed by atoms with Gasteiger partial charge in [0.05, 0.1) is 12.6 Å². The molecule has 6 heteroatoms. The molecule has 0 unspecified atom stereocenters. The molecule has 0 aliphatic heterocycles. The highest BCUT2D eigenvalue weighted by Crippen LogP contribution is 2.20. The van der Waals surface area contributed by atoms with Crippen LogP contribution < -0.4 is 5.56 Å². The lowest BCUT2D eigenvalue weighted by molar-refractivity contribution is 0.0632. The Bertz CT molecular complexity index is 842. The maximum atomic E-state index is 12.8. The molecule has 1 atom stereocenters. The number of benzene rings is 1. The first-order valence-corrected chi connectivity index (χ1v) is 8.19. The minimum absolute atomic E-state index is 0.0366. The summed E-state index contributed by atoms with van der Waals surface area (Å²) in [4.78, 5) is 26.7. The normalized spacial score (nSPS) is 12.0. The second-order valence-electron chi connectivity index (χ2n) is 6.15. The van der Waals surface area contributed by atoms with Crippen molar-refractivity contribution in [3.8, 4) is 5.75 Å². The topological polar surface area (TPSA) is 82.8 Å². The quantitative estimate of drug-likeness (QED) is 0.868. The number of phenols is 1. The fraction of sp³-hybridized carbons (Fsp3) is 0.368. The highest BCUT2D eigenvalue weighted by atomic mass is 16.3. The Hall–Kier alpha value is -2.60. The SMILES string of the molecule is CCN(C[C@@H](O)c1cccc(O)c1)C(=O)c1cc(C)c(C)n(C)c1=O. The number of likely N-dealkylation sites (N-methyl/N-ethyl adjacent to an activating group) is 1. The third-order valence-corrected chi connectivity index (χ3v) is 4.52. The van der Waals surface area contributed by atoms with Crippen molar-refractivity contribution in [1.82, 2.24) is 9.47 Å². The molecule has 6 nitrogen and oxygen atoms in total. The van der Waals surface area contributed by atoms with Crippen LogP contribution in [0.4, 0.5) is 0 Å². The van der Waals surface area contributed by atoms with Gasteiger partial charge in [0.25, 0.3) is 11.5 Å². The van der Waals surface area contributed by atoms with Gasteiger partial charge in [-0.2, -0.15) is 0 Å². The summed E-state index contributed by atoms with van der Waals surface area (Å²) in [6.45, 7) is 5.86. The number of nitrogens with zero attached hydrogens (tertiary/aromatic N) is 2. The number of carbonyl (C=O) groups excluding carboxylic acids is 1. The zero-order valence-electron chi connectivity index (χ0n) is 15.0. The van der Waals surface area contributed by atoms with Gasteiger partial charge in [-0.05, 0) is 50.1 Å². The van der Waals surface area contributed by atoms with Crippen molar-refractivity contribution in [2.75, 3.05) is 13.1 Å². The molecule has 0 radical (unpaired) electrons. The first kappa shape index (κ1) is 18.7. The largest absolute Gasteiger partial charge is 0.508 e. The molecule has 0 spiro atoms. The van der Waals surface area contributed by atoms with Gasteiger partial charge in [0.2, 0.25) is 0 Å². The van der Waals surface area contributed by atoms with Crippen molar-refractivity contribution in [2.45, 2.75) is 26.9 Å². The van der Waals surface area contributed by atoms with Crippen LogP contribution in [0, 0.1) is 13.8 Å². The number of pyridine rings is 1. The fourth-order valence-electron chi connectivity index (χ4n) is 2.71. The summed E-state index contributed by atoms with van der Waals surface area (Å²) in [5.41, 5.74) is 1.92. The van der Waals surface area contributed by atoms with Crippen molar-refractivity contribution in [2.24, 2.45) is 7.05 Å². The summed E-state index contributed by atoms with van der Waals surface area (Å²) in [5.74, 6) is -0.362. The van der Waals surface area contributed by atoms with E-state index in [1.165, 1.54) is 21.6 Å². The average molecular weight is 344 g/mol. The molecular weight excluding hydrogens is 320 g/mol. The van der Waals surface area contributed by atoms with E-state index in [1.807, 2.05) is 13.8 Å². The van der Waals surface area contributed by atoms with Crippen molar-refractivity contribution in [3.05, 3.63) is 63.1 Å². The number of aliphatic hydroxyl groups excluding tert-OH is 1. The van der Waals surface area contributed by atoms with E-state index < -0.39 is 12.0 Å². The van der Waals surface area contributed by atoms with E-state index >= 15 is 0 Å². The Morgan fingerprint density at radius 2 is 1.96 bits per heavy atom. The first-order chi connectivity index (χ1) is 11.8. The van der Waals surface area contributed by atoms with Crippen molar-refractivity contribution in [3.63, 3.8) is 0 Å². The molecule has 0 aliphatic carbocycles. The number of aryl methyl sites for hydroxylation is 1. The van der Waals surface area contributed by atoms with Crippen LogP contribution in [0.25, 0.3) is 0 Å². The number of aromatic hydroxyl groups is 1. The van der Waals surface area contributed by atoms with E-state index in [-0.39, 0.29) is 23.4 Å². The second kappa shape index (κ2) is 7.53. The maximum absolute atomic E-state index is 12.8. The van der Waals surface area contributed by atoms with E-state index in [0.29, 0.717) is 12.1 Å². The monoisotopic (exact) mass is 344 g/mol. The minimum atomic E-state index is -0.952. The fourth-order valence-corrected chi connectivity index (χ4v) is 2.71. The number of hydrogen-bond acceptors (Lipinski definition) is 4. The molecular formula is C19H24N2O4. The highest BCUT2D eigenvalue weighted by molar-refractivity contribution is 5.94. The smallest absolute Gasteiger partial charge is 0.263 e. The van der Waals surface area contributed by atoms with Crippen LogP contribution in [0.3, 0.4) is 0 Å². The van der Waals surface area contributed by atoms with Gasteiger partial charge >= 0.3 is 0 Å². The van der Waals surface area contributed by atoms with Crippen LogP contribution in [-0.2, 0) is 7.05 Å². The van der Waals surface area contributed by atoms with Gasteiger partial charge in [0.1, 0.15) is 11.3 Å². The van der Waals surface area contributed by atoms with Crippen molar-refractivity contribution < 1.29 is 15.0 Å². The van der Waals surface area contributed by atoms with Gasteiger partial charge in [-0.3, -0.25) is 9.59 Å². The predicted molar refractivity (Wildman–Crippen MR) is 95.8 cm³/mol. The van der Waals surface area contributed by atoms with Gasteiger partial charge in [0.15, 0.2) is 0 Å². The molecule has 134 valence electrons. The predicted octanol–water partition coefficient (Wildman–Crippen LogP) is 1.90. The van der Waals surface area contributed by atoms with Crippen LogP contribution in [0.15, 0.2) is 35.1 Å². The molecule has 0 bridgehead atoms. The van der Waals surface area contributed by atoms with Gasteiger partial charge in [0, 0.05) is 19.3 Å². The van der Waals surface area contributed by atoms with Gasteiger partial charge in [-0.25, -0.2) is 0 Å². The number of rotatable bonds is 5. The van der Waals surface area contributed by atoms with Crippen molar-refractivity contribution >= 4 is 5.91 Å². The highest BCUT2D eigenvalue weighted by Gasteiger charge is 2.22. The van der Waals surface area contributed by atoms with E-state index in [9.17, 15) is 19.8 Å². The number of phenolic OH excluding ortho intramolecular Hbond substituents is 1. The Labute approximate surface area is 147 Å². The summed E-state index contributed by atoms with van der Waals surface area (Å²) in [7, 11) is 1.64. The van der Waals surface area contributed by atoms with Gasteiger partial charge < -0.3 is 19.7 Å². The van der Waals surface area contributed by atoms with Gasteiger partial charge in [-0.1, -0.05) is 12.1 Å². The molecule has 1 aromatic heterocycles. The first-order valence-electron chi connectivity index (χ1n) is 8.19. The summed E-state index contributed by atoms with van der Waals surface area (Å²) in [5, 5.41) is 19.9. The van der Waals surface area contributed by atoms with Crippen LogP contribution >= 0.6 is 0 Å². The molecule has 25 heavy (non-hydrogen) atoms. The molecule has 2 N–H and O–H groups in total.